The first-order valence-corrected chi connectivity index (χ1v) is 8.29. The Morgan fingerprint density at radius 1 is 1.12 bits per heavy atom. The number of rotatable bonds is 4. The first-order valence-electron chi connectivity index (χ1n) is 7.91. The lowest BCUT2D eigenvalue weighted by Gasteiger charge is -2.22. The Kier molecular flexibility index (Phi) is 4.60. The molecular weight excluding hydrogens is 348 g/mol. The van der Waals surface area contributed by atoms with E-state index in [2.05, 4.69) is 20.4 Å². The summed E-state index contributed by atoms with van der Waals surface area (Å²) in [6.07, 6.45) is 1.31. The molecule has 8 heteroatoms. The van der Waals surface area contributed by atoms with Crippen molar-refractivity contribution >= 4 is 23.2 Å². The van der Waals surface area contributed by atoms with Gasteiger partial charge in [0.2, 0.25) is 0 Å². The van der Waals surface area contributed by atoms with Crippen molar-refractivity contribution in [3.05, 3.63) is 40.8 Å². The summed E-state index contributed by atoms with van der Waals surface area (Å²) in [7, 11) is 0. The van der Waals surface area contributed by atoms with Crippen LogP contribution >= 0.6 is 11.6 Å². The number of hydrogen-bond donors (Lipinski definition) is 1. The lowest BCUT2D eigenvalue weighted by atomic mass is 10.0. The SMILES string of the molecule is Cc1cc(F)c(-c2c(Cl)nc3ncnn3c2N[C@H](C)C(C)C)c(F)c1. The number of anilines is 1. The summed E-state index contributed by atoms with van der Waals surface area (Å²) in [5, 5.41) is 7.32. The molecule has 2 aromatic heterocycles. The highest BCUT2D eigenvalue weighted by atomic mass is 35.5. The van der Waals surface area contributed by atoms with Gasteiger partial charge in [-0.25, -0.2) is 8.78 Å². The Hall–Kier alpha value is -2.28. The minimum Gasteiger partial charge on any atom is -0.367 e. The van der Waals surface area contributed by atoms with Gasteiger partial charge in [-0.3, -0.25) is 0 Å². The Morgan fingerprint density at radius 2 is 1.76 bits per heavy atom. The van der Waals surface area contributed by atoms with E-state index in [1.165, 1.54) is 23.0 Å². The first kappa shape index (κ1) is 17.5. The molecule has 3 rings (SSSR count). The number of aromatic nitrogens is 4. The van der Waals surface area contributed by atoms with E-state index in [0.29, 0.717) is 11.4 Å². The minimum atomic E-state index is -0.707. The van der Waals surface area contributed by atoms with E-state index in [1.807, 2.05) is 20.8 Å². The summed E-state index contributed by atoms with van der Waals surface area (Å²) < 4.78 is 30.6. The molecule has 0 spiro atoms. The number of hydrogen-bond acceptors (Lipinski definition) is 4. The van der Waals surface area contributed by atoms with Gasteiger partial charge in [0, 0.05) is 6.04 Å². The number of nitrogens with one attached hydrogen (secondary N) is 1. The standard InChI is InChI=1S/C17H18ClF2N5/c1-8(2)10(4)23-16-14(13-11(19)5-9(3)6-12(13)20)15(18)24-17-21-7-22-25(16)17/h5-8,10,23H,1-4H3/t10-/m1/s1. The number of nitrogens with zero attached hydrogens (tertiary/aromatic N) is 4. The summed E-state index contributed by atoms with van der Waals surface area (Å²) in [4.78, 5) is 8.13. The topological polar surface area (TPSA) is 55.1 Å². The summed E-state index contributed by atoms with van der Waals surface area (Å²) in [5.41, 5.74) is 0.371. The van der Waals surface area contributed by atoms with E-state index in [9.17, 15) is 8.78 Å². The smallest absolute Gasteiger partial charge is 0.255 e. The Balaban J connectivity index is 2.32. The van der Waals surface area contributed by atoms with Gasteiger partial charge in [0.15, 0.2) is 0 Å². The molecule has 3 aromatic rings. The second kappa shape index (κ2) is 6.55. The molecule has 5 nitrogen and oxygen atoms in total. The molecule has 1 atom stereocenters. The molecule has 0 radical (unpaired) electrons. The minimum absolute atomic E-state index is 0.00110. The highest BCUT2D eigenvalue weighted by Gasteiger charge is 2.24. The molecule has 0 saturated carbocycles. The third kappa shape index (κ3) is 3.16. The van der Waals surface area contributed by atoms with Gasteiger partial charge in [0.25, 0.3) is 5.78 Å². The van der Waals surface area contributed by atoms with Crippen LogP contribution in [0.15, 0.2) is 18.5 Å². The van der Waals surface area contributed by atoms with E-state index >= 15 is 0 Å². The maximum atomic E-state index is 14.6. The van der Waals surface area contributed by atoms with E-state index in [0.717, 1.165) is 0 Å². The van der Waals surface area contributed by atoms with Crippen LogP contribution in [0, 0.1) is 24.5 Å². The number of benzene rings is 1. The third-order valence-electron chi connectivity index (χ3n) is 4.18. The molecule has 0 aliphatic heterocycles. The van der Waals surface area contributed by atoms with E-state index in [4.69, 9.17) is 11.6 Å². The fourth-order valence-corrected chi connectivity index (χ4v) is 2.75. The lowest BCUT2D eigenvalue weighted by Crippen LogP contribution is -2.24. The zero-order valence-corrected chi connectivity index (χ0v) is 15.1. The lowest BCUT2D eigenvalue weighted by molar-refractivity contribution is 0.556. The molecule has 1 N–H and O–H groups in total. The molecule has 0 aliphatic carbocycles. The largest absolute Gasteiger partial charge is 0.367 e. The normalized spacial score (nSPS) is 12.8. The van der Waals surface area contributed by atoms with E-state index in [-0.39, 0.29) is 34.0 Å². The van der Waals surface area contributed by atoms with Crippen LogP contribution in [0.1, 0.15) is 26.3 Å². The van der Waals surface area contributed by atoms with Gasteiger partial charge >= 0.3 is 0 Å². The molecule has 132 valence electrons. The van der Waals surface area contributed by atoms with Gasteiger partial charge in [-0.15, -0.1) is 0 Å². The van der Waals surface area contributed by atoms with Gasteiger partial charge in [0.05, 0.1) is 11.1 Å². The summed E-state index contributed by atoms with van der Waals surface area (Å²) in [6, 6.07) is 2.52. The third-order valence-corrected chi connectivity index (χ3v) is 4.46. The maximum absolute atomic E-state index is 14.6. The van der Waals surface area contributed by atoms with Crippen molar-refractivity contribution in [1.82, 2.24) is 19.6 Å². The molecule has 0 saturated heterocycles. The monoisotopic (exact) mass is 365 g/mol. The number of aryl methyl sites for hydroxylation is 1. The predicted octanol–water partition coefficient (Wildman–Crippen LogP) is 4.49. The maximum Gasteiger partial charge on any atom is 0.255 e. The van der Waals surface area contributed by atoms with Gasteiger partial charge in [-0.05, 0) is 37.5 Å². The van der Waals surface area contributed by atoms with Gasteiger partial charge in [0.1, 0.15) is 28.9 Å². The average molecular weight is 366 g/mol. The zero-order valence-electron chi connectivity index (χ0n) is 14.3. The molecule has 0 unspecified atom stereocenters. The quantitative estimate of drug-likeness (QED) is 0.692. The molecule has 1 aromatic carbocycles. The Bertz CT molecular complexity index is 915. The summed E-state index contributed by atoms with van der Waals surface area (Å²) in [6.45, 7) is 7.65. The van der Waals surface area contributed by atoms with Gasteiger partial charge in [-0.2, -0.15) is 19.6 Å². The van der Waals surface area contributed by atoms with Crippen molar-refractivity contribution < 1.29 is 8.78 Å². The number of halogens is 3. The molecular formula is C17H18ClF2N5. The van der Waals surface area contributed by atoms with Crippen LogP contribution in [0.5, 0.6) is 0 Å². The van der Waals surface area contributed by atoms with Crippen LogP contribution in [0.25, 0.3) is 16.9 Å². The zero-order chi connectivity index (χ0) is 18.3. The van der Waals surface area contributed by atoms with Crippen LogP contribution in [-0.4, -0.2) is 25.6 Å². The Morgan fingerprint density at radius 3 is 2.36 bits per heavy atom. The van der Waals surface area contributed by atoms with E-state index in [1.54, 1.807) is 6.92 Å². The second-order valence-electron chi connectivity index (χ2n) is 6.38. The fraction of sp³-hybridized carbons (Fsp3) is 0.353. The molecule has 0 amide bonds. The fourth-order valence-electron chi connectivity index (χ4n) is 2.49. The summed E-state index contributed by atoms with van der Waals surface area (Å²) >= 11 is 6.28. The van der Waals surface area contributed by atoms with Crippen LogP contribution in [0.3, 0.4) is 0 Å². The first-order chi connectivity index (χ1) is 11.8. The van der Waals surface area contributed by atoms with Crippen molar-refractivity contribution in [2.75, 3.05) is 5.32 Å². The van der Waals surface area contributed by atoms with E-state index < -0.39 is 11.6 Å². The molecule has 0 fully saturated rings. The highest BCUT2D eigenvalue weighted by molar-refractivity contribution is 6.33. The Labute approximate surface area is 149 Å². The van der Waals surface area contributed by atoms with Crippen molar-refractivity contribution in [1.29, 1.82) is 0 Å². The molecule has 0 bridgehead atoms. The molecule has 25 heavy (non-hydrogen) atoms. The van der Waals surface area contributed by atoms with Gasteiger partial charge in [-0.1, -0.05) is 25.4 Å². The van der Waals surface area contributed by atoms with Crippen molar-refractivity contribution in [2.45, 2.75) is 33.7 Å². The number of fused-ring (bicyclic) bond motifs is 1. The molecule has 2 heterocycles. The second-order valence-corrected chi connectivity index (χ2v) is 6.74. The predicted molar refractivity (Wildman–Crippen MR) is 93.8 cm³/mol. The van der Waals surface area contributed by atoms with Crippen LogP contribution in [0.4, 0.5) is 14.6 Å². The van der Waals surface area contributed by atoms with Crippen LogP contribution < -0.4 is 5.32 Å². The highest BCUT2D eigenvalue weighted by Crippen LogP contribution is 2.38. The van der Waals surface area contributed by atoms with Crippen molar-refractivity contribution in [3.63, 3.8) is 0 Å². The van der Waals surface area contributed by atoms with Crippen molar-refractivity contribution in [3.8, 4) is 11.1 Å². The average Bonchev–Trinajstić information content (AvgIpc) is 2.96. The van der Waals surface area contributed by atoms with Gasteiger partial charge < -0.3 is 5.32 Å². The van der Waals surface area contributed by atoms with Crippen LogP contribution in [-0.2, 0) is 0 Å². The molecule has 0 aliphatic rings. The summed E-state index contributed by atoms with van der Waals surface area (Å²) in [5.74, 6) is -0.539. The van der Waals surface area contributed by atoms with Crippen molar-refractivity contribution in [2.24, 2.45) is 5.92 Å². The van der Waals surface area contributed by atoms with Crippen LogP contribution in [0.2, 0.25) is 5.15 Å².